The summed E-state index contributed by atoms with van der Waals surface area (Å²) in [6.45, 7) is 14.1. The van der Waals surface area contributed by atoms with Gasteiger partial charge in [0, 0.05) is 13.1 Å². The van der Waals surface area contributed by atoms with Gasteiger partial charge in [0.25, 0.3) is 5.91 Å². The Morgan fingerprint density at radius 3 is 2.31 bits per heavy atom. The number of hydrogen-bond donors (Lipinski definition) is 0. The highest BCUT2D eigenvalue weighted by molar-refractivity contribution is 6.11. The molecular formula is C27H38N2O3. The molecule has 32 heavy (non-hydrogen) atoms. The van der Waals surface area contributed by atoms with E-state index < -0.39 is 0 Å². The topological polar surface area (TPSA) is 49.9 Å². The van der Waals surface area contributed by atoms with Gasteiger partial charge in [-0.3, -0.25) is 9.59 Å². The zero-order valence-electron chi connectivity index (χ0n) is 20.3. The molecule has 1 aliphatic carbocycles. The number of nitrogens with zero attached hydrogens (tertiary/aromatic N) is 2. The Hall–Kier alpha value is -2.14. The second kappa shape index (κ2) is 9.01. The van der Waals surface area contributed by atoms with Crippen LogP contribution in [0.15, 0.2) is 35.6 Å². The van der Waals surface area contributed by atoms with E-state index in [0.29, 0.717) is 17.9 Å². The van der Waals surface area contributed by atoms with Crippen LogP contribution in [0.5, 0.6) is 0 Å². The Labute approximate surface area is 192 Å². The molecule has 1 fully saturated rings. The Morgan fingerprint density at radius 1 is 1.03 bits per heavy atom. The minimum Gasteiger partial charge on any atom is -0.483 e. The lowest BCUT2D eigenvalue weighted by Gasteiger charge is -2.35. The number of benzene rings is 1. The van der Waals surface area contributed by atoms with Gasteiger partial charge in [0.1, 0.15) is 6.10 Å². The summed E-state index contributed by atoms with van der Waals surface area (Å²) in [6, 6.07) is 8.12. The van der Waals surface area contributed by atoms with Crippen LogP contribution in [0.3, 0.4) is 0 Å². The molecule has 3 atom stereocenters. The Kier molecular flexibility index (Phi) is 6.49. The fourth-order valence-electron chi connectivity index (χ4n) is 5.42. The summed E-state index contributed by atoms with van der Waals surface area (Å²) in [5, 5.41) is 0. The van der Waals surface area contributed by atoms with Gasteiger partial charge in [-0.2, -0.15) is 0 Å². The molecule has 5 heteroatoms. The van der Waals surface area contributed by atoms with E-state index in [1.807, 2.05) is 4.90 Å². The molecule has 174 valence electrons. The van der Waals surface area contributed by atoms with Crippen molar-refractivity contribution in [1.29, 1.82) is 0 Å². The molecule has 1 amide bonds. The molecule has 1 aromatic carbocycles. The van der Waals surface area contributed by atoms with Gasteiger partial charge >= 0.3 is 0 Å². The fourth-order valence-corrected chi connectivity index (χ4v) is 5.42. The van der Waals surface area contributed by atoms with Gasteiger partial charge in [-0.15, -0.1) is 0 Å². The average Bonchev–Trinajstić information content (AvgIpc) is 3.06. The predicted molar refractivity (Wildman–Crippen MR) is 126 cm³/mol. The summed E-state index contributed by atoms with van der Waals surface area (Å²) >= 11 is 0. The van der Waals surface area contributed by atoms with Crippen LogP contribution < -0.4 is 0 Å². The quantitative estimate of drug-likeness (QED) is 0.650. The first kappa shape index (κ1) is 23.0. The molecule has 0 bridgehead atoms. The van der Waals surface area contributed by atoms with E-state index in [-0.39, 0.29) is 35.2 Å². The molecule has 1 aromatic rings. The second-order valence-electron chi connectivity index (χ2n) is 10.5. The number of likely N-dealkylation sites (N-methyl/N-ethyl adjacent to an activating group) is 1. The number of Topliss-reactive ketones (excluding diaryl/α,β-unsaturated/α-hetero) is 1. The number of amides is 1. The Balaban J connectivity index is 1.71. The van der Waals surface area contributed by atoms with Gasteiger partial charge < -0.3 is 14.5 Å². The van der Waals surface area contributed by atoms with Crippen LogP contribution in [-0.4, -0.2) is 53.8 Å². The fraction of sp³-hybridized carbons (Fsp3) is 0.630. The molecule has 4 rings (SSSR count). The first-order chi connectivity index (χ1) is 15.3. The standard InChI is InChI=1S/C27H38N2O3/c1-6-28(7-2)16-17-29-23(18-12-14-19(15-13-18)27(3,4)5)22-24(30)20-10-8-9-11-21(20)32-25(22)26(29)31/h12-15,20-21,23H,6-11,16-17H2,1-5H3. The van der Waals surface area contributed by atoms with Crippen molar-refractivity contribution in [1.82, 2.24) is 9.80 Å². The number of ether oxygens (including phenoxy) is 1. The molecule has 3 unspecified atom stereocenters. The molecule has 0 aromatic heterocycles. The van der Waals surface area contributed by atoms with Crippen LogP contribution in [0.2, 0.25) is 0 Å². The van der Waals surface area contributed by atoms with E-state index in [0.717, 1.165) is 50.9 Å². The lowest BCUT2D eigenvalue weighted by Crippen LogP contribution is -2.39. The summed E-state index contributed by atoms with van der Waals surface area (Å²) in [4.78, 5) is 31.4. The third-order valence-corrected chi connectivity index (χ3v) is 7.50. The van der Waals surface area contributed by atoms with Crippen molar-refractivity contribution in [2.24, 2.45) is 5.92 Å². The van der Waals surface area contributed by atoms with Crippen molar-refractivity contribution >= 4 is 11.7 Å². The SMILES string of the molecule is CCN(CC)CCN1C(=O)C2=C(C(=O)C3CCCCC3O2)C1c1ccc(C(C)(C)C)cc1. The number of carbonyl (C=O) groups is 2. The number of rotatable bonds is 6. The molecule has 2 heterocycles. The highest BCUT2D eigenvalue weighted by Crippen LogP contribution is 2.46. The lowest BCUT2D eigenvalue weighted by molar-refractivity contribution is -0.135. The highest BCUT2D eigenvalue weighted by atomic mass is 16.5. The van der Waals surface area contributed by atoms with E-state index >= 15 is 0 Å². The maximum atomic E-state index is 13.7. The van der Waals surface area contributed by atoms with Crippen molar-refractivity contribution in [2.45, 2.75) is 77.9 Å². The zero-order valence-corrected chi connectivity index (χ0v) is 20.3. The number of fused-ring (bicyclic) bond motifs is 1. The minimum atomic E-state index is -0.350. The van der Waals surface area contributed by atoms with Crippen molar-refractivity contribution in [3.8, 4) is 0 Å². The molecular weight excluding hydrogens is 400 g/mol. The Morgan fingerprint density at radius 2 is 1.69 bits per heavy atom. The smallest absolute Gasteiger partial charge is 0.290 e. The average molecular weight is 439 g/mol. The van der Waals surface area contributed by atoms with E-state index in [1.165, 1.54) is 5.56 Å². The third kappa shape index (κ3) is 4.12. The Bertz CT molecular complexity index is 892. The summed E-state index contributed by atoms with van der Waals surface area (Å²) in [5.41, 5.74) is 2.90. The van der Waals surface area contributed by atoms with Crippen LogP contribution >= 0.6 is 0 Å². The zero-order chi connectivity index (χ0) is 23.0. The van der Waals surface area contributed by atoms with Crippen molar-refractivity contribution < 1.29 is 14.3 Å². The molecule has 3 aliphatic rings. The van der Waals surface area contributed by atoms with Gasteiger partial charge in [-0.25, -0.2) is 0 Å². The van der Waals surface area contributed by atoms with Gasteiger partial charge in [-0.05, 0) is 48.9 Å². The third-order valence-electron chi connectivity index (χ3n) is 7.50. The van der Waals surface area contributed by atoms with Crippen LogP contribution in [-0.2, 0) is 19.7 Å². The maximum Gasteiger partial charge on any atom is 0.290 e. The summed E-state index contributed by atoms with van der Waals surface area (Å²) in [7, 11) is 0. The van der Waals surface area contributed by atoms with E-state index in [1.54, 1.807) is 0 Å². The van der Waals surface area contributed by atoms with Crippen molar-refractivity contribution in [3.63, 3.8) is 0 Å². The van der Waals surface area contributed by atoms with Gasteiger partial charge in [0.2, 0.25) is 0 Å². The lowest BCUT2D eigenvalue weighted by atomic mass is 9.77. The molecule has 2 aliphatic heterocycles. The van der Waals surface area contributed by atoms with E-state index in [2.05, 4.69) is 63.8 Å². The second-order valence-corrected chi connectivity index (χ2v) is 10.5. The maximum absolute atomic E-state index is 13.7. The number of carbonyl (C=O) groups excluding carboxylic acids is 2. The van der Waals surface area contributed by atoms with Crippen molar-refractivity contribution in [2.75, 3.05) is 26.2 Å². The van der Waals surface area contributed by atoms with Crippen LogP contribution in [0, 0.1) is 5.92 Å². The first-order valence-electron chi connectivity index (χ1n) is 12.3. The van der Waals surface area contributed by atoms with Crippen LogP contribution in [0.4, 0.5) is 0 Å². The van der Waals surface area contributed by atoms with Gasteiger partial charge in [0.05, 0.1) is 17.5 Å². The van der Waals surface area contributed by atoms with Crippen molar-refractivity contribution in [3.05, 3.63) is 46.7 Å². The van der Waals surface area contributed by atoms with Crippen LogP contribution in [0.25, 0.3) is 0 Å². The molecule has 1 saturated carbocycles. The molecule has 5 nitrogen and oxygen atoms in total. The highest BCUT2D eigenvalue weighted by Gasteiger charge is 2.51. The predicted octanol–water partition coefficient (Wildman–Crippen LogP) is 4.62. The van der Waals surface area contributed by atoms with Gasteiger partial charge in [-0.1, -0.05) is 65.3 Å². The van der Waals surface area contributed by atoms with E-state index in [9.17, 15) is 9.59 Å². The first-order valence-corrected chi connectivity index (χ1v) is 12.3. The summed E-state index contributed by atoms with van der Waals surface area (Å²) in [5.74, 6) is 0.242. The molecule has 0 saturated heterocycles. The minimum absolute atomic E-state index is 0.0516. The molecule has 0 N–H and O–H groups in total. The summed E-state index contributed by atoms with van der Waals surface area (Å²) < 4.78 is 6.27. The number of ketones is 1. The molecule has 0 spiro atoms. The summed E-state index contributed by atoms with van der Waals surface area (Å²) in [6.07, 6.45) is 3.72. The van der Waals surface area contributed by atoms with Crippen LogP contribution in [0.1, 0.15) is 77.5 Å². The number of hydrogen-bond acceptors (Lipinski definition) is 4. The van der Waals surface area contributed by atoms with E-state index in [4.69, 9.17) is 4.74 Å². The normalized spacial score (nSPS) is 25.8. The van der Waals surface area contributed by atoms with Gasteiger partial charge in [0.15, 0.2) is 11.5 Å². The monoisotopic (exact) mass is 438 g/mol. The largest absolute Gasteiger partial charge is 0.483 e. The molecule has 0 radical (unpaired) electrons.